The minimum atomic E-state index is 0.0828. The van der Waals surface area contributed by atoms with Gasteiger partial charge in [-0.1, -0.05) is 36.4 Å². The quantitative estimate of drug-likeness (QED) is 0.874. The van der Waals surface area contributed by atoms with Crippen molar-refractivity contribution in [3.05, 3.63) is 59.7 Å². The van der Waals surface area contributed by atoms with Crippen LogP contribution in [0.5, 0.6) is 5.75 Å². The van der Waals surface area contributed by atoms with E-state index in [-0.39, 0.29) is 11.7 Å². The van der Waals surface area contributed by atoms with Gasteiger partial charge in [-0.2, -0.15) is 0 Å². The molecule has 1 amide bonds. The van der Waals surface area contributed by atoms with Crippen LogP contribution in [-0.2, 0) is 17.8 Å². The highest BCUT2D eigenvalue weighted by molar-refractivity contribution is 6.01. The first-order chi connectivity index (χ1) is 8.74. The lowest BCUT2D eigenvalue weighted by Crippen LogP contribution is -2.25. The van der Waals surface area contributed by atoms with Gasteiger partial charge in [0.15, 0.2) is 0 Å². The Morgan fingerprint density at radius 3 is 2.67 bits per heavy atom. The van der Waals surface area contributed by atoms with Crippen molar-refractivity contribution >= 4 is 11.6 Å². The Bertz CT molecular complexity index is 593. The SMILES string of the molecule is O=C1Cc2ccc(O)cc2N1Cc1ccccc1. The number of hydrogen-bond donors (Lipinski definition) is 1. The number of carbonyl (C=O) groups excluding carboxylic acids is 1. The van der Waals surface area contributed by atoms with Crippen molar-refractivity contribution in [3.8, 4) is 5.75 Å². The molecule has 1 aliphatic heterocycles. The molecule has 0 radical (unpaired) electrons. The van der Waals surface area contributed by atoms with Crippen LogP contribution in [0.15, 0.2) is 48.5 Å². The van der Waals surface area contributed by atoms with Gasteiger partial charge in [0, 0.05) is 6.07 Å². The summed E-state index contributed by atoms with van der Waals surface area (Å²) < 4.78 is 0. The Balaban J connectivity index is 1.94. The van der Waals surface area contributed by atoms with Crippen LogP contribution in [0.4, 0.5) is 5.69 Å². The summed E-state index contributed by atoms with van der Waals surface area (Å²) in [6, 6.07) is 14.9. The second-order valence-corrected chi connectivity index (χ2v) is 4.46. The fourth-order valence-electron chi connectivity index (χ4n) is 2.29. The number of nitrogens with zero attached hydrogens (tertiary/aromatic N) is 1. The fourth-order valence-corrected chi connectivity index (χ4v) is 2.29. The third-order valence-electron chi connectivity index (χ3n) is 3.19. The standard InChI is InChI=1S/C15H13NO2/c17-13-7-6-12-8-15(18)16(14(12)9-13)10-11-4-2-1-3-5-11/h1-7,9,17H,8,10H2. The summed E-state index contributed by atoms with van der Waals surface area (Å²) in [5.74, 6) is 0.279. The second-order valence-electron chi connectivity index (χ2n) is 4.46. The monoisotopic (exact) mass is 239 g/mol. The maximum absolute atomic E-state index is 12.0. The molecule has 0 saturated carbocycles. The van der Waals surface area contributed by atoms with Crippen molar-refractivity contribution < 1.29 is 9.90 Å². The molecule has 0 bridgehead atoms. The molecular formula is C15H13NO2. The van der Waals surface area contributed by atoms with Gasteiger partial charge in [0.05, 0.1) is 18.7 Å². The van der Waals surface area contributed by atoms with Gasteiger partial charge in [-0.3, -0.25) is 4.79 Å². The number of fused-ring (bicyclic) bond motifs is 1. The molecule has 18 heavy (non-hydrogen) atoms. The molecular weight excluding hydrogens is 226 g/mol. The van der Waals surface area contributed by atoms with Crippen LogP contribution in [0.3, 0.4) is 0 Å². The maximum Gasteiger partial charge on any atom is 0.231 e. The number of rotatable bonds is 2. The largest absolute Gasteiger partial charge is 0.508 e. The predicted octanol–water partition coefficient (Wildman–Crippen LogP) is 2.48. The first-order valence-corrected chi connectivity index (χ1v) is 5.90. The molecule has 0 aromatic heterocycles. The molecule has 0 fully saturated rings. The average molecular weight is 239 g/mol. The summed E-state index contributed by atoms with van der Waals surface area (Å²) in [6.45, 7) is 0.552. The molecule has 2 aromatic rings. The molecule has 0 unspecified atom stereocenters. The van der Waals surface area contributed by atoms with Crippen LogP contribution >= 0.6 is 0 Å². The van der Waals surface area contributed by atoms with Gasteiger partial charge in [0.25, 0.3) is 0 Å². The Morgan fingerprint density at radius 2 is 1.89 bits per heavy atom. The number of amides is 1. The number of carbonyl (C=O) groups is 1. The molecule has 90 valence electrons. The molecule has 0 spiro atoms. The van der Waals surface area contributed by atoms with E-state index in [9.17, 15) is 9.90 Å². The van der Waals surface area contributed by atoms with Crippen LogP contribution in [0.1, 0.15) is 11.1 Å². The summed E-state index contributed by atoms with van der Waals surface area (Å²) in [4.78, 5) is 13.7. The topological polar surface area (TPSA) is 40.5 Å². The fraction of sp³-hybridized carbons (Fsp3) is 0.133. The van der Waals surface area contributed by atoms with Crippen molar-refractivity contribution in [2.75, 3.05) is 4.90 Å². The van der Waals surface area contributed by atoms with Gasteiger partial charge in [0.1, 0.15) is 5.75 Å². The third-order valence-corrected chi connectivity index (χ3v) is 3.19. The molecule has 3 heteroatoms. The highest BCUT2D eigenvalue weighted by Gasteiger charge is 2.27. The van der Waals surface area contributed by atoms with Gasteiger partial charge in [-0.05, 0) is 17.2 Å². The van der Waals surface area contributed by atoms with Crippen LogP contribution in [0.2, 0.25) is 0 Å². The van der Waals surface area contributed by atoms with Gasteiger partial charge in [-0.15, -0.1) is 0 Å². The number of phenolic OH excluding ortho intramolecular Hbond substituents is 1. The van der Waals surface area contributed by atoms with Crippen molar-refractivity contribution in [2.45, 2.75) is 13.0 Å². The highest BCUT2D eigenvalue weighted by atomic mass is 16.3. The second kappa shape index (κ2) is 4.18. The van der Waals surface area contributed by atoms with Crippen molar-refractivity contribution in [1.82, 2.24) is 0 Å². The first kappa shape index (κ1) is 10.8. The number of benzene rings is 2. The normalized spacial score (nSPS) is 13.8. The molecule has 1 N–H and O–H groups in total. The summed E-state index contributed by atoms with van der Waals surface area (Å²) in [5, 5.41) is 9.53. The van der Waals surface area contributed by atoms with Crippen LogP contribution < -0.4 is 4.90 Å². The van der Waals surface area contributed by atoms with Gasteiger partial charge >= 0.3 is 0 Å². The molecule has 0 aliphatic carbocycles. The summed E-state index contributed by atoms with van der Waals surface area (Å²) in [5.41, 5.74) is 2.89. The Hall–Kier alpha value is -2.29. The zero-order valence-electron chi connectivity index (χ0n) is 9.84. The zero-order chi connectivity index (χ0) is 12.5. The molecule has 1 heterocycles. The van der Waals surface area contributed by atoms with E-state index in [2.05, 4.69) is 0 Å². The van der Waals surface area contributed by atoms with Gasteiger partial charge in [-0.25, -0.2) is 0 Å². The van der Waals surface area contributed by atoms with Crippen molar-refractivity contribution in [1.29, 1.82) is 0 Å². The van der Waals surface area contributed by atoms with E-state index >= 15 is 0 Å². The zero-order valence-corrected chi connectivity index (χ0v) is 9.84. The number of phenols is 1. The van der Waals surface area contributed by atoms with E-state index in [0.717, 1.165) is 16.8 Å². The van der Waals surface area contributed by atoms with E-state index in [0.29, 0.717) is 13.0 Å². The van der Waals surface area contributed by atoms with Gasteiger partial charge in [0.2, 0.25) is 5.91 Å². The van der Waals surface area contributed by atoms with Crippen LogP contribution in [0, 0.1) is 0 Å². The number of anilines is 1. The predicted molar refractivity (Wildman–Crippen MR) is 69.4 cm³/mol. The molecule has 0 atom stereocenters. The maximum atomic E-state index is 12.0. The summed E-state index contributed by atoms with van der Waals surface area (Å²) in [7, 11) is 0. The Morgan fingerprint density at radius 1 is 1.11 bits per heavy atom. The minimum Gasteiger partial charge on any atom is -0.508 e. The van der Waals surface area contributed by atoms with Crippen LogP contribution in [-0.4, -0.2) is 11.0 Å². The highest BCUT2D eigenvalue weighted by Crippen LogP contribution is 2.33. The molecule has 1 aliphatic rings. The van der Waals surface area contributed by atoms with Crippen molar-refractivity contribution in [2.24, 2.45) is 0 Å². The number of aromatic hydroxyl groups is 1. The molecule has 3 nitrogen and oxygen atoms in total. The van der Waals surface area contributed by atoms with Crippen LogP contribution in [0.25, 0.3) is 0 Å². The lowest BCUT2D eigenvalue weighted by molar-refractivity contribution is -0.117. The lowest BCUT2D eigenvalue weighted by atomic mass is 10.1. The Labute approximate surface area is 105 Å². The molecule has 0 saturated heterocycles. The smallest absolute Gasteiger partial charge is 0.231 e. The number of hydrogen-bond acceptors (Lipinski definition) is 2. The van der Waals surface area contributed by atoms with E-state index in [1.54, 1.807) is 17.0 Å². The Kier molecular flexibility index (Phi) is 2.52. The van der Waals surface area contributed by atoms with E-state index in [1.807, 2.05) is 36.4 Å². The molecule has 3 rings (SSSR count). The third kappa shape index (κ3) is 1.84. The van der Waals surface area contributed by atoms with Crippen molar-refractivity contribution in [3.63, 3.8) is 0 Å². The summed E-state index contributed by atoms with van der Waals surface area (Å²) >= 11 is 0. The first-order valence-electron chi connectivity index (χ1n) is 5.90. The van der Waals surface area contributed by atoms with E-state index in [4.69, 9.17) is 0 Å². The minimum absolute atomic E-state index is 0.0828. The average Bonchev–Trinajstić information content (AvgIpc) is 2.67. The summed E-state index contributed by atoms with van der Waals surface area (Å²) in [6.07, 6.45) is 0.419. The lowest BCUT2D eigenvalue weighted by Gasteiger charge is -2.17. The van der Waals surface area contributed by atoms with Gasteiger partial charge < -0.3 is 10.0 Å². The molecule has 2 aromatic carbocycles. The van der Waals surface area contributed by atoms with E-state index in [1.165, 1.54) is 0 Å². The van der Waals surface area contributed by atoms with E-state index < -0.39 is 0 Å².